The highest BCUT2D eigenvalue weighted by atomic mass is 19.4. The Morgan fingerprint density at radius 3 is 2.72 bits per heavy atom. The van der Waals surface area contributed by atoms with Crippen LogP contribution in [0.1, 0.15) is 16.8 Å². The Morgan fingerprint density at radius 1 is 1.24 bits per heavy atom. The molecule has 9 heteroatoms. The van der Waals surface area contributed by atoms with Gasteiger partial charge >= 0.3 is 6.18 Å². The van der Waals surface area contributed by atoms with E-state index in [0.29, 0.717) is 16.6 Å². The van der Waals surface area contributed by atoms with Gasteiger partial charge in [0.25, 0.3) is 0 Å². The number of pyridine rings is 2. The minimum atomic E-state index is -4.61. The lowest BCUT2D eigenvalue weighted by Gasteiger charge is -2.17. The average molecular weight is 397 g/mol. The predicted molar refractivity (Wildman–Crippen MR) is 98.8 cm³/mol. The van der Waals surface area contributed by atoms with Crippen LogP contribution in [-0.4, -0.2) is 19.7 Å². The molecule has 0 aliphatic carbocycles. The summed E-state index contributed by atoms with van der Waals surface area (Å²) in [6, 6.07) is 10.7. The summed E-state index contributed by atoms with van der Waals surface area (Å²) in [5.41, 5.74) is 1.64. The molecule has 0 aliphatic heterocycles. The van der Waals surface area contributed by atoms with Gasteiger partial charge in [0, 0.05) is 30.6 Å². The van der Waals surface area contributed by atoms with Crippen molar-refractivity contribution in [2.45, 2.75) is 12.8 Å². The molecule has 4 rings (SSSR count). The number of hydrogen-bond donors (Lipinski definition) is 1. The van der Waals surface area contributed by atoms with Gasteiger partial charge < -0.3 is 4.74 Å². The van der Waals surface area contributed by atoms with Crippen LogP contribution in [0.4, 0.5) is 13.2 Å². The third-order valence-electron chi connectivity index (χ3n) is 4.44. The number of nitrogens with one attached hydrogen (secondary N) is 1. The highest BCUT2D eigenvalue weighted by Gasteiger charge is 2.35. The van der Waals surface area contributed by atoms with Crippen molar-refractivity contribution in [1.82, 2.24) is 19.7 Å². The van der Waals surface area contributed by atoms with Gasteiger partial charge in [0.05, 0.1) is 16.8 Å². The zero-order valence-electron chi connectivity index (χ0n) is 15.2. The van der Waals surface area contributed by atoms with Crippen molar-refractivity contribution in [3.8, 4) is 23.1 Å². The quantitative estimate of drug-likeness (QED) is 0.552. The van der Waals surface area contributed by atoms with Gasteiger partial charge in [-0.15, -0.1) is 0 Å². The van der Waals surface area contributed by atoms with Crippen molar-refractivity contribution in [2.75, 3.05) is 0 Å². The van der Waals surface area contributed by atoms with Crippen LogP contribution in [0.2, 0.25) is 0 Å². The molecule has 146 valence electrons. The zero-order valence-corrected chi connectivity index (χ0v) is 15.2. The first kappa shape index (κ1) is 18.6. The summed E-state index contributed by atoms with van der Waals surface area (Å²) in [6.45, 7) is -0.0393. The van der Waals surface area contributed by atoms with Gasteiger partial charge in [-0.3, -0.25) is 14.8 Å². The molecule has 0 amide bonds. The second-order valence-electron chi connectivity index (χ2n) is 6.39. The molecule has 29 heavy (non-hydrogen) atoms. The molecule has 3 heterocycles. The smallest absolute Gasteiger partial charge is 0.419 e. The normalized spacial score (nSPS) is 11.6. The van der Waals surface area contributed by atoms with Crippen molar-refractivity contribution < 1.29 is 17.9 Å². The van der Waals surface area contributed by atoms with Crippen LogP contribution in [-0.2, 0) is 19.8 Å². The topological polar surface area (TPSA) is 79.5 Å². The molecule has 3 aromatic heterocycles. The van der Waals surface area contributed by atoms with Gasteiger partial charge in [0.2, 0.25) is 0 Å². The molecule has 0 bridgehead atoms. The van der Waals surface area contributed by atoms with Gasteiger partial charge in [-0.1, -0.05) is 6.07 Å². The van der Waals surface area contributed by atoms with E-state index in [-0.39, 0.29) is 29.3 Å². The van der Waals surface area contributed by atoms with Crippen LogP contribution >= 0.6 is 0 Å². The van der Waals surface area contributed by atoms with Crippen LogP contribution in [0.3, 0.4) is 0 Å². The average Bonchev–Trinajstić information content (AvgIpc) is 2.71. The highest BCUT2D eigenvalue weighted by Crippen LogP contribution is 2.39. The number of alkyl halides is 3. The van der Waals surface area contributed by atoms with Crippen molar-refractivity contribution in [3.05, 3.63) is 65.6 Å². The van der Waals surface area contributed by atoms with Gasteiger partial charge in [0.15, 0.2) is 5.69 Å². The molecule has 4 aromatic rings. The lowest BCUT2D eigenvalue weighted by atomic mass is 10.0. The van der Waals surface area contributed by atoms with Crippen LogP contribution in [0, 0.1) is 11.3 Å². The number of rotatable bonds is 4. The molecule has 0 saturated carbocycles. The Kier molecular flexibility index (Phi) is 4.47. The summed E-state index contributed by atoms with van der Waals surface area (Å²) in [5, 5.41) is 12.2. The number of ether oxygens (including phenoxy) is 1. The van der Waals surface area contributed by atoms with E-state index < -0.39 is 11.7 Å². The summed E-state index contributed by atoms with van der Waals surface area (Å²) in [7, 11) is 1.74. The first-order valence-corrected chi connectivity index (χ1v) is 8.55. The molecular weight excluding hydrogens is 383 g/mol. The lowest BCUT2D eigenvalue weighted by molar-refractivity contribution is -0.139. The number of halogens is 3. The minimum absolute atomic E-state index is 0.0393. The number of aromatic nitrogens is 4. The summed E-state index contributed by atoms with van der Waals surface area (Å²) in [6.07, 6.45) is -1.51. The van der Waals surface area contributed by atoms with E-state index in [1.165, 1.54) is 18.3 Å². The SMILES string of the molecule is Cn1[nH]c2c(C#N)nc(-c3ccc(OCc4cccnc4)c(C(F)(F)F)c3)cc21. The maximum absolute atomic E-state index is 13.6. The molecule has 0 atom stereocenters. The Hall–Kier alpha value is -3.80. The van der Waals surface area contributed by atoms with E-state index in [2.05, 4.69) is 15.1 Å². The Balaban J connectivity index is 1.73. The molecule has 0 unspecified atom stereocenters. The number of fused-ring (bicyclic) bond motifs is 1. The number of nitriles is 1. The van der Waals surface area contributed by atoms with Gasteiger partial charge in [0.1, 0.15) is 23.9 Å². The van der Waals surface area contributed by atoms with Gasteiger partial charge in [-0.25, -0.2) is 4.98 Å². The number of benzene rings is 1. The van der Waals surface area contributed by atoms with Crippen molar-refractivity contribution in [2.24, 2.45) is 7.05 Å². The molecule has 0 aliphatic rings. The van der Waals surface area contributed by atoms with Crippen LogP contribution in [0.25, 0.3) is 22.3 Å². The molecule has 1 aromatic carbocycles. The van der Waals surface area contributed by atoms with E-state index in [9.17, 15) is 18.4 Å². The number of nitrogens with zero attached hydrogens (tertiary/aromatic N) is 4. The largest absolute Gasteiger partial charge is 0.488 e. The standard InChI is InChI=1S/C20H14F3N5O/c1-28-17-8-15(26-16(9-24)19(17)27-28)13-4-5-18(14(7-13)20(21,22)23)29-11-12-3-2-6-25-10-12/h2-8,10,27H,11H2,1H3. The second kappa shape index (κ2) is 6.98. The molecule has 0 radical (unpaired) electrons. The fraction of sp³-hybridized carbons (Fsp3) is 0.150. The number of hydrogen-bond acceptors (Lipinski definition) is 4. The van der Waals surface area contributed by atoms with Crippen molar-refractivity contribution in [3.63, 3.8) is 0 Å². The second-order valence-corrected chi connectivity index (χ2v) is 6.39. The predicted octanol–water partition coefficient (Wildman–Crippen LogP) is 4.43. The third-order valence-corrected chi connectivity index (χ3v) is 4.44. The van der Waals surface area contributed by atoms with Crippen LogP contribution < -0.4 is 4.74 Å². The Labute approximate surface area is 163 Å². The Bertz CT molecular complexity index is 1220. The molecule has 0 saturated heterocycles. The fourth-order valence-electron chi connectivity index (χ4n) is 2.99. The van der Waals surface area contributed by atoms with Crippen LogP contribution in [0.5, 0.6) is 5.75 Å². The van der Waals surface area contributed by atoms with Crippen molar-refractivity contribution in [1.29, 1.82) is 5.26 Å². The molecule has 6 nitrogen and oxygen atoms in total. The number of H-pyrrole nitrogens is 1. The van der Waals surface area contributed by atoms with Crippen LogP contribution in [0.15, 0.2) is 48.8 Å². The fourth-order valence-corrected chi connectivity index (χ4v) is 2.99. The van der Waals surface area contributed by atoms with E-state index in [1.54, 1.807) is 36.1 Å². The molecule has 0 fully saturated rings. The monoisotopic (exact) mass is 397 g/mol. The summed E-state index contributed by atoms with van der Waals surface area (Å²) in [4.78, 5) is 8.11. The molecule has 1 N–H and O–H groups in total. The minimum Gasteiger partial charge on any atom is -0.488 e. The summed E-state index contributed by atoms with van der Waals surface area (Å²) >= 11 is 0. The molecule has 0 spiro atoms. The van der Waals surface area contributed by atoms with E-state index >= 15 is 0 Å². The zero-order chi connectivity index (χ0) is 20.6. The number of aromatic amines is 1. The Morgan fingerprint density at radius 2 is 2.07 bits per heavy atom. The highest BCUT2D eigenvalue weighted by molar-refractivity contribution is 5.85. The molecular formula is C20H14F3N5O. The summed E-state index contributed by atoms with van der Waals surface area (Å²) < 4.78 is 48.0. The van der Waals surface area contributed by atoms with Gasteiger partial charge in [-0.05, 0) is 30.3 Å². The van der Waals surface area contributed by atoms with E-state index in [0.717, 1.165) is 6.07 Å². The van der Waals surface area contributed by atoms with E-state index in [4.69, 9.17) is 4.74 Å². The van der Waals surface area contributed by atoms with Gasteiger partial charge in [-0.2, -0.15) is 18.4 Å². The first-order chi connectivity index (χ1) is 13.9. The first-order valence-electron chi connectivity index (χ1n) is 8.55. The lowest BCUT2D eigenvalue weighted by Crippen LogP contribution is -2.10. The number of aryl methyl sites for hydroxylation is 1. The maximum Gasteiger partial charge on any atom is 0.419 e. The van der Waals surface area contributed by atoms with Crippen molar-refractivity contribution >= 4 is 11.0 Å². The van der Waals surface area contributed by atoms with E-state index in [1.807, 2.05) is 6.07 Å². The summed E-state index contributed by atoms with van der Waals surface area (Å²) in [5.74, 6) is -0.284. The third kappa shape index (κ3) is 3.52. The maximum atomic E-state index is 13.6.